The van der Waals surface area contributed by atoms with Crippen molar-refractivity contribution in [3.8, 4) is 0 Å². The van der Waals surface area contributed by atoms with E-state index in [9.17, 15) is 0 Å². The average Bonchev–Trinajstić information content (AvgIpc) is 2.65. The molecule has 0 radical (unpaired) electrons. The van der Waals surface area contributed by atoms with Crippen molar-refractivity contribution < 1.29 is 0 Å². The van der Waals surface area contributed by atoms with Gasteiger partial charge in [0.15, 0.2) is 0 Å². The van der Waals surface area contributed by atoms with Gasteiger partial charge >= 0.3 is 0 Å². The number of hydrogen-bond acceptors (Lipinski definition) is 1. The molecule has 0 N–H and O–H groups in total. The van der Waals surface area contributed by atoms with E-state index >= 15 is 0 Å². The lowest BCUT2D eigenvalue weighted by atomic mass is 9.80. The van der Waals surface area contributed by atoms with Crippen molar-refractivity contribution in [2.24, 2.45) is 11.3 Å². The van der Waals surface area contributed by atoms with E-state index in [1.165, 1.54) is 51.7 Å². The van der Waals surface area contributed by atoms with Gasteiger partial charge < -0.3 is 4.90 Å². The highest BCUT2D eigenvalue weighted by Crippen LogP contribution is 2.33. The van der Waals surface area contributed by atoms with Gasteiger partial charge in [-0.3, -0.25) is 0 Å². The van der Waals surface area contributed by atoms with Gasteiger partial charge in [0.05, 0.1) is 0 Å². The van der Waals surface area contributed by atoms with Crippen LogP contribution in [-0.4, -0.2) is 30.4 Å². The second-order valence-electron chi connectivity index (χ2n) is 6.26. The van der Waals surface area contributed by atoms with E-state index in [2.05, 4.69) is 25.7 Å². The van der Waals surface area contributed by atoms with Crippen LogP contribution in [0.15, 0.2) is 0 Å². The SMILES string of the molecule is CC(C)(C)C1CCN(CCCCCCCl)C1. The van der Waals surface area contributed by atoms with Crippen LogP contribution in [0.4, 0.5) is 0 Å². The van der Waals surface area contributed by atoms with Gasteiger partial charge in [0.25, 0.3) is 0 Å². The van der Waals surface area contributed by atoms with Gasteiger partial charge in [-0.25, -0.2) is 0 Å². The van der Waals surface area contributed by atoms with E-state index < -0.39 is 0 Å². The zero-order chi connectivity index (χ0) is 12.0. The lowest BCUT2D eigenvalue weighted by Crippen LogP contribution is -2.26. The zero-order valence-electron chi connectivity index (χ0n) is 11.3. The number of rotatable bonds is 6. The summed E-state index contributed by atoms with van der Waals surface area (Å²) in [6, 6.07) is 0. The quantitative estimate of drug-likeness (QED) is 0.502. The maximum atomic E-state index is 5.67. The van der Waals surface area contributed by atoms with Crippen LogP contribution >= 0.6 is 11.6 Å². The molecule has 1 nitrogen and oxygen atoms in total. The van der Waals surface area contributed by atoms with Crippen LogP contribution < -0.4 is 0 Å². The number of alkyl halides is 1. The standard InChI is InChI=1S/C14H28ClN/c1-14(2,3)13-8-11-16(12-13)10-7-5-4-6-9-15/h13H,4-12H2,1-3H3. The topological polar surface area (TPSA) is 3.24 Å². The van der Waals surface area contributed by atoms with Gasteiger partial charge in [-0.05, 0) is 43.7 Å². The summed E-state index contributed by atoms with van der Waals surface area (Å²) in [6.45, 7) is 11.1. The number of likely N-dealkylation sites (tertiary alicyclic amines) is 1. The molecular weight excluding hydrogens is 218 g/mol. The van der Waals surface area contributed by atoms with Crippen LogP contribution in [0.1, 0.15) is 52.9 Å². The van der Waals surface area contributed by atoms with Crippen molar-refractivity contribution >= 4 is 11.6 Å². The molecule has 0 aromatic heterocycles. The smallest absolute Gasteiger partial charge is 0.0223 e. The Morgan fingerprint density at radius 2 is 1.81 bits per heavy atom. The Hall–Kier alpha value is 0.250. The first-order valence-corrected chi connectivity index (χ1v) is 7.36. The molecule has 0 amide bonds. The van der Waals surface area contributed by atoms with E-state index in [1.54, 1.807) is 0 Å². The molecule has 1 unspecified atom stereocenters. The van der Waals surface area contributed by atoms with Crippen LogP contribution in [0.2, 0.25) is 0 Å². The first kappa shape index (κ1) is 14.3. The minimum absolute atomic E-state index is 0.493. The fraction of sp³-hybridized carbons (Fsp3) is 1.00. The van der Waals surface area contributed by atoms with Crippen LogP contribution in [0.3, 0.4) is 0 Å². The van der Waals surface area contributed by atoms with Crippen LogP contribution in [0.5, 0.6) is 0 Å². The fourth-order valence-electron chi connectivity index (χ4n) is 2.53. The number of nitrogens with zero attached hydrogens (tertiary/aromatic N) is 1. The van der Waals surface area contributed by atoms with Crippen molar-refractivity contribution in [3.63, 3.8) is 0 Å². The zero-order valence-corrected chi connectivity index (χ0v) is 12.0. The largest absolute Gasteiger partial charge is 0.303 e. The molecule has 1 heterocycles. The molecule has 0 aromatic rings. The summed E-state index contributed by atoms with van der Waals surface area (Å²) >= 11 is 5.67. The summed E-state index contributed by atoms with van der Waals surface area (Å²) < 4.78 is 0. The van der Waals surface area contributed by atoms with E-state index in [0.717, 1.165) is 11.8 Å². The van der Waals surface area contributed by atoms with E-state index in [4.69, 9.17) is 11.6 Å². The minimum Gasteiger partial charge on any atom is -0.303 e. The summed E-state index contributed by atoms with van der Waals surface area (Å²) in [4.78, 5) is 2.65. The number of hydrogen-bond donors (Lipinski definition) is 0. The summed E-state index contributed by atoms with van der Waals surface area (Å²) in [5.74, 6) is 1.73. The third kappa shape index (κ3) is 5.05. The van der Waals surface area contributed by atoms with Gasteiger partial charge in [-0.1, -0.05) is 33.6 Å². The molecule has 0 saturated carbocycles. The average molecular weight is 246 g/mol. The Balaban J connectivity index is 2.08. The van der Waals surface area contributed by atoms with Crippen molar-refractivity contribution in [2.45, 2.75) is 52.9 Å². The highest BCUT2D eigenvalue weighted by atomic mass is 35.5. The molecule has 16 heavy (non-hydrogen) atoms. The number of unbranched alkanes of at least 4 members (excludes halogenated alkanes) is 3. The second-order valence-corrected chi connectivity index (χ2v) is 6.63. The Bertz CT molecular complexity index is 186. The lowest BCUT2D eigenvalue weighted by molar-refractivity contribution is 0.227. The van der Waals surface area contributed by atoms with Crippen LogP contribution in [-0.2, 0) is 0 Å². The molecule has 2 heteroatoms. The predicted molar refractivity (Wildman–Crippen MR) is 73.2 cm³/mol. The summed E-state index contributed by atoms with van der Waals surface area (Å²) in [5.41, 5.74) is 0.493. The molecule has 0 bridgehead atoms. The normalized spacial score (nSPS) is 22.9. The first-order valence-electron chi connectivity index (χ1n) is 6.82. The van der Waals surface area contributed by atoms with Crippen LogP contribution in [0.25, 0.3) is 0 Å². The molecule has 1 fully saturated rings. The van der Waals surface area contributed by atoms with E-state index in [-0.39, 0.29) is 0 Å². The molecule has 0 aliphatic carbocycles. The Kier molecular flexibility index (Phi) is 6.13. The molecule has 1 saturated heterocycles. The van der Waals surface area contributed by atoms with Gasteiger partial charge in [0, 0.05) is 12.4 Å². The van der Waals surface area contributed by atoms with Gasteiger partial charge in [0.1, 0.15) is 0 Å². The maximum absolute atomic E-state index is 5.67. The Labute approximate surface area is 107 Å². The second kappa shape index (κ2) is 6.86. The highest BCUT2D eigenvalue weighted by molar-refractivity contribution is 6.17. The molecular formula is C14H28ClN. The monoisotopic (exact) mass is 245 g/mol. The predicted octanol–water partition coefficient (Wildman–Crippen LogP) is 4.15. The Morgan fingerprint density at radius 3 is 2.38 bits per heavy atom. The van der Waals surface area contributed by atoms with E-state index in [1.807, 2.05) is 0 Å². The lowest BCUT2D eigenvalue weighted by Gasteiger charge is -2.27. The molecule has 1 atom stereocenters. The molecule has 1 aliphatic rings. The van der Waals surface area contributed by atoms with Crippen molar-refractivity contribution in [1.82, 2.24) is 4.90 Å². The Morgan fingerprint density at radius 1 is 1.12 bits per heavy atom. The van der Waals surface area contributed by atoms with Gasteiger partial charge in [-0.2, -0.15) is 0 Å². The third-order valence-corrected chi connectivity index (χ3v) is 4.12. The summed E-state index contributed by atoms with van der Waals surface area (Å²) in [7, 11) is 0. The number of halogens is 1. The molecule has 1 rings (SSSR count). The van der Waals surface area contributed by atoms with Crippen molar-refractivity contribution in [3.05, 3.63) is 0 Å². The highest BCUT2D eigenvalue weighted by Gasteiger charge is 2.31. The van der Waals surface area contributed by atoms with Gasteiger partial charge in [-0.15, -0.1) is 11.6 Å². The maximum Gasteiger partial charge on any atom is 0.0223 e. The molecule has 1 aliphatic heterocycles. The molecule has 0 aromatic carbocycles. The van der Waals surface area contributed by atoms with Crippen molar-refractivity contribution in [2.75, 3.05) is 25.5 Å². The molecule has 0 spiro atoms. The summed E-state index contributed by atoms with van der Waals surface area (Å²) in [5, 5.41) is 0. The van der Waals surface area contributed by atoms with Gasteiger partial charge in [0.2, 0.25) is 0 Å². The third-order valence-electron chi connectivity index (χ3n) is 3.86. The summed E-state index contributed by atoms with van der Waals surface area (Å²) in [6.07, 6.45) is 6.59. The van der Waals surface area contributed by atoms with Crippen LogP contribution in [0, 0.1) is 11.3 Å². The minimum atomic E-state index is 0.493. The van der Waals surface area contributed by atoms with Crippen molar-refractivity contribution in [1.29, 1.82) is 0 Å². The van der Waals surface area contributed by atoms with E-state index in [0.29, 0.717) is 5.41 Å². The fourth-order valence-corrected chi connectivity index (χ4v) is 2.72. The molecule has 96 valence electrons. The first-order chi connectivity index (χ1) is 7.54.